The first kappa shape index (κ1) is 15.7. The van der Waals surface area contributed by atoms with Crippen LogP contribution in [0.2, 0.25) is 0 Å². The van der Waals surface area contributed by atoms with E-state index in [1.807, 2.05) is 0 Å². The van der Waals surface area contributed by atoms with Crippen molar-refractivity contribution in [3.63, 3.8) is 0 Å². The Morgan fingerprint density at radius 3 is 2.74 bits per heavy atom. The van der Waals surface area contributed by atoms with Crippen LogP contribution >= 0.6 is 0 Å². The van der Waals surface area contributed by atoms with Gasteiger partial charge in [-0.3, -0.25) is 0 Å². The predicted molar refractivity (Wildman–Crippen MR) is 92.8 cm³/mol. The first-order chi connectivity index (χ1) is 10.9. The lowest BCUT2D eigenvalue weighted by Crippen LogP contribution is -2.46. The van der Waals surface area contributed by atoms with Gasteiger partial charge in [-0.2, -0.15) is 0 Å². The van der Waals surface area contributed by atoms with Gasteiger partial charge in [0.1, 0.15) is 0 Å². The van der Waals surface area contributed by atoms with Crippen molar-refractivity contribution in [1.29, 1.82) is 0 Å². The second-order valence-electron chi connectivity index (χ2n) is 9.44. The smallest absolute Gasteiger partial charge is 0.0959 e. The standard InChI is InChI=1S/C21H32O2/c1-20(2)12-18-17-7-5-13-11-14(23-4)6-8-15(13)16(17)9-10-21(18,3)19(20)22/h6,16-19,22H,5,7-12H2,1-4H3/t16-,17-,18+,19+,21+/m1/s1. The van der Waals surface area contributed by atoms with Crippen LogP contribution in [-0.4, -0.2) is 18.3 Å². The molecule has 23 heavy (non-hydrogen) atoms. The molecule has 5 atom stereocenters. The van der Waals surface area contributed by atoms with Crippen molar-refractivity contribution < 1.29 is 9.84 Å². The molecule has 0 aromatic heterocycles. The Kier molecular flexibility index (Phi) is 3.50. The fraction of sp³-hybridized carbons (Fsp3) is 0.810. The summed E-state index contributed by atoms with van der Waals surface area (Å²) in [6, 6.07) is 0. The third-order valence-corrected chi connectivity index (χ3v) is 7.87. The van der Waals surface area contributed by atoms with Gasteiger partial charge in [0, 0.05) is 6.42 Å². The predicted octanol–water partition coefficient (Wildman–Crippen LogP) is 4.84. The lowest BCUT2D eigenvalue weighted by molar-refractivity contribution is -0.0521. The molecule has 0 spiro atoms. The van der Waals surface area contributed by atoms with E-state index >= 15 is 0 Å². The first-order valence-electron chi connectivity index (χ1n) is 9.48. The molecule has 0 unspecified atom stereocenters. The molecule has 4 aliphatic rings. The minimum absolute atomic E-state index is 0.0820. The number of aliphatic hydroxyl groups excluding tert-OH is 1. The van der Waals surface area contributed by atoms with Crippen LogP contribution in [0, 0.1) is 28.6 Å². The summed E-state index contributed by atoms with van der Waals surface area (Å²) in [4.78, 5) is 0. The zero-order valence-electron chi connectivity index (χ0n) is 15.2. The summed E-state index contributed by atoms with van der Waals surface area (Å²) in [6.07, 6.45) is 10.6. The zero-order chi connectivity index (χ0) is 16.4. The van der Waals surface area contributed by atoms with Gasteiger partial charge in [-0.05, 0) is 73.2 Å². The van der Waals surface area contributed by atoms with E-state index in [1.54, 1.807) is 18.3 Å². The van der Waals surface area contributed by atoms with E-state index in [2.05, 4.69) is 26.8 Å². The topological polar surface area (TPSA) is 29.5 Å². The van der Waals surface area contributed by atoms with Gasteiger partial charge < -0.3 is 9.84 Å². The molecule has 0 aliphatic heterocycles. The van der Waals surface area contributed by atoms with E-state index in [1.165, 1.54) is 37.9 Å². The number of ether oxygens (including phenoxy) is 1. The molecule has 4 aliphatic carbocycles. The molecule has 2 saturated carbocycles. The largest absolute Gasteiger partial charge is 0.501 e. The summed E-state index contributed by atoms with van der Waals surface area (Å²) in [7, 11) is 1.80. The Morgan fingerprint density at radius 1 is 1.22 bits per heavy atom. The average molecular weight is 316 g/mol. The summed E-state index contributed by atoms with van der Waals surface area (Å²) in [5, 5.41) is 11.0. The molecule has 2 nitrogen and oxygen atoms in total. The van der Waals surface area contributed by atoms with E-state index in [4.69, 9.17) is 4.74 Å². The van der Waals surface area contributed by atoms with Crippen LogP contribution in [0.1, 0.15) is 65.7 Å². The summed E-state index contributed by atoms with van der Waals surface area (Å²) in [5.41, 5.74) is 3.64. The minimum atomic E-state index is -0.136. The Balaban J connectivity index is 1.63. The van der Waals surface area contributed by atoms with E-state index in [0.717, 1.165) is 24.7 Å². The molecule has 2 heteroatoms. The van der Waals surface area contributed by atoms with Crippen molar-refractivity contribution in [3.8, 4) is 0 Å². The van der Waals surface area contributed by atoms with E-state index in [-0.39, 0.29) is 16.9 Å². The van der Waals surface area contributed by atoms with Gasteiger partial charge in [0.25, 0.3) is 0 Å². The Bertz CT molecular complexity index is 570. The maximum atomic E-state index is 11.0. The molecule has 0 amide bonds. The highest BCUT2D eigenvalue weighted by molar-refractivity contribution is 5.33. The highest BCUT2D eigenvalue weighted by Gasteiger charge is 2.60. The van der Waals surface area contributed by atoms with Crippen LogP contribution in [0.15, 0.2) is 23.0 Å². The number of hydrogen-bond acceptors (Lipinski definition) is 2. The molecule has 0 radical (unpaired) electrons. The molecule has 128 valence electrons. The van der Waals surface area contributed by atoms with Crippen molar-refractivity contribution >= 4 is 0 Å². The summed E-state index contributed by atoms with van der Waals surface area (Å²) in [5.74, 6) is 3.43. The van der Waals surface area contributed by atoms with Crippen molar-refractivity contribution in [1.82, 2.24) is 0 Å². The molecule has 0 saturated heterocycles. The van der Waals surface area contributed by atoms with Crippen molar-refractivity contribution in [2.45, 2.75) is 71.8 Å². The third kappa shape index (κ3) is 2.17. The normalized spacial score (nSPS) is 45.0. The Hall–Kier alpha value is -0.760. The molecule has 1 N–H and O–H groups in total. The molecular weight excluding hydrogens is 284 g/mol. The van der Waals surface area contributed by atoms with E-state index in [0.29, 0.717) is 5.92 Å². The van der Waals surface area contributed by atoms with E-state index < -0.39 is 0 Å². The number of allylic oxidation sites excluding steroid dienone is 3. The SMILES string of the molecule is COC1=CCC2=C(CC[C@@H]3[C@@H]2CC[C@@]2(C)[C@H]3CC(C)(C)[C@@H]2O)C1. The molecular formula is C21H32O2. The first-order valence-corrected chi connectivity index (χ1v) is 9.48. The molecule has 0 aromatic carbocycles. The second-order valence-corrected chi connectivity index (χ2v) is 9.44. The number of fused-ring (bicyclic) bond motifs is 4. The summed E-state index contributed by atoms with van der Waals surface area (Å²) in [6.45, 7) is 6.93. The maximum Gasteiger partial charge on any atom is 0.0959 e. The van der Waals surface area contributed by atoms with Crippen LogP contribution in [0.25, 0.3) is 0 Å². The summed E-state index contributed by atoms with van der Waals surface area (Å²) >= 11 is 0. The minimum Gasteiger partial charge on any atom is -0.501 e. The van der Waals surface area contributed by atoms with Crippen molar-refractivity contribution in [3.05, 3.63) is 23.0 Å². The highest BCUT2D eigenvalue weighted by atomic mass is 16.5. The molecule has 0 bridgehead atoms. The lowest BCUT2D eigenvalue weighted by atomic mass is 9.54. The Labute approximate surface area is 141 Å². The van der Waals surface area contributed by atoms with Gasteiger partial charge >= 0.3 is 0 Å². The van der Waals surface area contributed by atoms with Crippen molar-refractivity contribution in [2.75, 3.05) is 7.11 Å². The van der Waals surface area contributed by atoms with Crippen LogP contribution < -0.4 is 0 Å². The number of hydrogen-bond donors (Lipinski definition) is 1. The molecule has 0 heterocycles. The number of rotatable bonds is 1. The maximum absolute atomic E-state index is 11.0. The third-order valence-electron chi connectivity index (χ3n) is 7.87. The molecule has 2 fully saturated rings. The molecule has 0 aromatic rings. The van der Waals surface area contributed by atoms with Crippen LogP contribution in [-0.2, 0) is 4.74 Å². The van der Waals surface area contributed by atoms with Gasteiger partial charge in [-0.25, -0.2) is 0 Å². The van der Waals surface area contributed by atoms with Crippen LogP contribution in [0.5, 0.6) is 0 Å². The highest BCUT2D eigenvalue weighted by Crippen LogP contribution is 2.65. The number of aliphatic hydroxyl groups is 1. The van der Waals surface area contributed by atoms with Gasteiger partial charge in [-0.15, -0.1) is 0 Å². The van der Waals surface area contributed by atoms with E-state index in [9.17, 15) is 5.11 Å². The van der Waals surface area contributed by atoms with Crippen molar-refractivity contribution in [2.24, 2.45) is 28.6 Å². The second kappa shape index (κ2) is 5.12. The fourth-order valence-corrected chi connectivity index (χ4v) is 6.69. The molecule has 4 rings (SSSR count). The summed E-state index contributed by atoms with van der Waals surface area (Å²) < 4.78 is 5.50. The van der Waals surface area contributed by atoms with Gasteiger partial charge in [0.2, 0.25) is 0 Å². The number of methoxy groups -OCH3 is 1. The fourth-order valence-electron chi connectivity index (χ4n) is 6.69. The van der Waals surface area contributed by atoms with Gasteiger partial charge in [0.15, 0.2) is 0 Å². The van der Waals surface area contributed by atoms with Crippen LogP contribution in [0.3, 0.4) is 0 Å². The monoisotopic (exact) mass is 316 g/mol. The Morgan fingerprint density at radius 2 is 2.00 bits per heavy atom. The lowest BCUT2D eigenvalue weighted by Gasteiger charge is -2.51. The van der Waals surface area contributed by atoms with Gasteiger partial charge in [-0.1, -0.05) is 31.9 Å². The quantitative estimate of drug-likeness (QED) is 0.701. The average Bonchev–Trinajstić information content (AvgIpc) is 2.73. The van der Waals surface area contributed by atoms with Gasteiger partial charge in [0.05, 0.1) is 19.0 Å². The zero-order valence-corrected chi connectivity index (χ0v) is 15.2. The van der Waals surface area contributed by atoms with Crippen LogP contribution in [0.4, 0.5) is 0 Å².